The van der Waals surface area contributed by atoms with Crippen molar-refractivity contribution in [3.05, 3.63) is 53.1 Å². The molecule has 1 N–H and O–H groups in total. The molecule has 2 aromatic carbocycles. The van der Waals surface area contributed by atoms with Crippen LogP contribution in [0.3, 0.4) is 0 Å². The zero-order valence-electron chi connectivity index (χ0n) is 12.4. The fourth-order valence-electron chi connectivity index (χ4n) is 1.98. The standard InChI is InChI=1S/C17H20ClNO2/c1-3-9-19-12-13-10-14(18)7-8-17(13)21-16-6-4-5-15(11-16)20-2/h4-8,10-11,19H,3,9,12H2,1-2H3. The summed E-state index contributed by atoms with van der Waals surface area (Å²) in [6.07, 6.45) is 1.09. The number of hydrogen-bond acceptors (Lipinski definition) is 3. The highest BCUT2D eigenvalue weighted by Gasteiger charge is 2.07. The Hall–Kier alpha value is -1.71. The Morgan fingerprint density at radius 1 is 1.10 bits per heavy atom. The largest absolute Gasteiger partial charge is 0.497 e. The van der Waals surface area contributed by atoms with Crippen LogP contribution >= 0.6 is 11.6 Å². The predicted molar refractivity (Wildman–Crippen MR) is 86.5 cm³/mol. The fraction of sp³-hybridized carbons (Fsp3) is 0.294. The molecule has 0 radical (unpaired) electrons. The fourth-order valence-corrected chi connectivity index (χ4v) is 2.17. The molecular formula is C17H20ClNO2. The van der Waals surface area contributed by atoms with Crippen molar-refractivity contribution in [3.8, 4) is 17.2 Å². The van der Waals surface area contributed by atoms with Gasteiger partial charge in [-0.25, -0.2) is 0 Å². The molecular weight excluding hydrogens is 286 g/mol. The van der Waals surface area contributed by atoms with Crippen molar-refractivity contribution in [1.82, 2.24) is 5.32 Å². The smallest absolute Gasteiger partial charge is 0.132 e. The van der Waals surface area contributed by atoms with Gasteiger partial charge in [0.25, 0.3) is 0 Å². The van der Waals surface area contributed by atoms with Gasteiger partial charge in [0.15, 0.2) is 0 Å². The molecule has 0 atom stereocenters. The lowest BCUT2D eigenvalue weighted by Gasteiger charge is -2.13. The van der Waals surface area contributed by atoms with Gasteiger partial charge in [0, 0.05) is 23.2 Å². The van der Waals surface area contributed by atoms with Gasteiger partial charge in [-0.05, 0) is 43.3 Å². The second-order valence-corrected chi connectivity index (χ2v) is 5.15. The number of nitrogens with one attached hydrogen (secondary N) is 1. The molecule has 0 aliphatic carbocycles. The van der Waals surface area contributed by atoms with E-state index in [1.807, 2.05) is 42.5 Å². The molecule has 4 heteroatoms. The summed E-state index contributed by atoms with van der Waals surface area (Å²) >= 11 is 6.08. The normalized spacial score (nSPS) is 10.4. The second-order valence-electron chi connectivity index (χ2n) is 4.71. The van der Waals surface area contributed by atoms with E-state index in [1.54, 1.807) is 7.11 Å². The van der Waals surface area contributed by atoms with Gasteiger partial charge in [-0.15, -0.1) is 0 Å². The molecule has 0 heterocycles. The van der Waals surface area contributed by atoms with Gasteiger partial charge in [0.05, 0.1) is 7.11 Å². The maximum Gasteiger partial charge on any atom is 0.132 e. The van der Waals surface area contributed by atoms with Gasteiger partial charge in [-0.1, -0.05) is 24.6 Å². The van der Waals surface area contributed by atoms with Crippen molar-refractivity contribution >= 4 is 11.6 Å². The number of methoxy groups -OCH3 is 1. The van der Waals surface area contributed by atoms with E-state index in [0.717, 1.165) is 42.3 Å². The van der Waals surface area contributed by atoms with E-state index in [9.17, 15) is 0 Å². The summed E-state index contributed by atoms with van der Waals surface area (Å²) in [6, 6.07) is 13.2. The quantitative estimate of drug-likeness (QED) is 0.756. The molecule has 0 aliphatic rings. The Labute approximate surface area is 130 Å². The van der Waals surface area contributed by atoms with E-state index < -0.39 is 0 Å². The van der Waals surface area contributed by atoms with E-state index in [0.29, 0.717) is 5.02 Å². The molecule has 0 amide bonds. The highest BCUT2D eigenvalue weighted by molar-refractivity contribution is 6.30. The summed E-state index contributed by atoms with van der Waals surface area (Å²) < 4.78 is 11.2. The van der Waals surface area contributed by atoms with Crippen LogP contribution in [-0.4, -0.2) is 13.7 Å². The average Bonchev–Trinajstić information content (AvgIpc) is 2.50. The molecule has 112 valence electrons. The summed E-state index contributed by atoms with van der Waals surface area (Å²) in [7, 11) is 1.64. The van der Waals surface area contributed by atoms with Gasteiger partial charge in [0.2, 0.25) is 0 Å². The maximum atomic E-state index is 6.08. The number of rotatable bonds is 7. The van der Waals surface area contributed by atoms with E-state index in [2.05, 4.69) is 12.2 Å². The van der Waals surface area contributed by atoms with Crippen molar-refractivity contribution in [2.45, 2.75) is 19.9 Å². The minimum Gasteiger partial charge on any atom is -0.497 e. The van der Waals surface area contributed by atoms with Crippen molar-refractivity contribution in [3.63, 3.8) is 0 Å². The third-order valence-electron chi connectivity index (χ3n) is 3.03. The van der Waals surface area contributed by atoms with Crippen molar-refractivity contribution in [2.75, 3.05) is 13.7 Å². The first-order valence-corrected chi connectivity index (χ1v) is 7.41. The highest BCUT2D eigenvalue weighted by Crippen LogP contribution is 2.29. The van der Waals surface area contributed by atoms with Crippen LogP contribution in [0.1, 0.15) is 18.9 Å². The molecule has 0 unspecified atom stereocenters. The second kappa shape index (κ2) is 7.91. The summed E-state index contributed by atoms with van der Waals surface area (Å²) in [5.41, 5.74) is 1.04. The van der Waals surface area contributed by atoms with Crippen molar-refractivity contribution in [1.29, 1.82) is 0 Å². The minimum absolute atomic E-state index is 0.710. The zero-order chi connectivity index (χ0) is 15.1. The SMILES string of the molecule is CCCNCc1cc(Cl)ccc1Oc1cccc(OC)c1. The lowest BCUT2D eigenvalue weighted by molar-refractivity contribution is 0.408. The predicted octanol–water partition coefficient (Wildman–Crippen LogP) is 4.64. The van der Waals surface area contributed by atoms with Crippen LogP contribution < -0.4 is 14.8 Å². The van der Waals surface area contributed by atoms with Crippen LogP contribution in [0.5, 0.6) is 17.2 Å². The zero-order valence-corrected chi connectivity index (χ0v) is 13.1. The Morgan fingerprint density at radius 2 is 1.90 bits per heavy atom. The summed E-state index contributed by atoms with van der Waals surface area (Å²) in [4.78, 5) is 0. The molecule has 21 heavy (non-hydrogen) atoms. The first-order chi connectivity index (χ1) is 10.2. The van der Waals surface area contributed by atoms with E-state index >= 15 is 0 Å². The Balaban J connectivity index is 2.17. The summed E-state index contributed by atoms with van der Waals surface area (Å²) in [5, 5.41) is 4.07. The third kappa shape index (κ3) is 4.66. The first-order valence-electron chi connectivity index (χ1n) is 7.04. The van der Waals surface area contributed by atoms with Gasteiger partial charge in [-0.3, -0.25) is 0 Å². The van der Waals surface area contributed by atoms with Gasteiger partial charge >= 0.3 is 0 Å². The lowest BCUT2D eigenvalue weighted by atomic mass is 10.2. The van der Waals surface area contributed by atoms with E-state index in [1.165, 1.54) is 0 Å². The van der Waals surface area contributed by atoms with Crippen LogP contribution in [0, 0.1) is 0 Å². The number of benzene rings is 2. The minimum atomic E-state index is 0.710. The number of ether oxygens (including phenoxy) is 2. The number of hydrogen-bond donors (Lipinski definition) is 1. The van der Waals surface area contributed by atoms with Gasteiger partial charge in [0.1, 0.15) is 17.2 Å². The molecule has 2 aromatic rings. The third-order valence-corrected chi connectivity index (χ3v) is 3.27. The van der Waals surface area contributed by atoms with Gasteiger partial charge < -0.3 is 14.8 Å². The molecule has 0 aliphatic heterocycles. The van der Waals surface area contributed by atoms with Crippen LogP contribution in [0.4, 0.5) is 0 Å². The van der Waals surface area contributed by atoms with Crippen LogP contribution in [0.2, 0.25) is 5.02 Å². The topological polar surface area (TPSA) is 30.5 Å². The lowest BCUT2D eigenvalue weighted by Crippen LogP contribution is -2.14. The Bertz CT molecular complexity index is 587. The Kier molecular flexibility index (Phi) is 5.90. The summed E-state index contributed by atoms with van der Waals surface area (Å²) in [5.74, 6) is 2.32. The molecule has 0 fully saturated rings. The monoisotopic (exact) mass is 305 g/mol. The number of halogens is 1. The van der Waals surface area contributed by atoms with Crippen LogP contribution in [-0.2, 0) is 6.54 Å². The molecule has 0 saturated heterocycles. The highest BCUT2D eigenvalue weighted by atomic mass is 35.5. The van der Waals surface area contributed by atoms with Crippen molar-refractivity contribution in [2.24, 2.45) is 0 Å². The van der Waals surface area contributed by atoms with E-state index in [-0.39, 0.29) is 0 Å². The van der Waals surface area contributed by atoms with Crippen LogP contribution in [0.25, 0.3) is 0 Å². The summed E-state index contributed by atoms with van der Waals surface area (Å²) in [6.45, 7) is 3.83. The molecule has 3 nitrogen and oxygen atoms in total. The van der Waals surface area contributed by atoms with Gasteiger partial charge in [-0.2, -0.15) is 0 Å². The maximum absolute atomic E-state index is 6.08. The Morgan fingerprint density at radius 3 is 2.67 bits per heavy atom. The molecule has 0 saturated carbocycles. The molecule has 0 bridgehead atoms. The molecule has 0 spiro atoms. The average molecular weight is 306 g/mol. The molecule has 2 rings (SSSR count). The molecule has 0 aromatic heterocycles. The first kappa shape index (κ1) is 15.7. The van der Waals surface area contributed by atoms with E-state index in [4.69, 9.17) is 21.1 Å². The van der Waals surface area contributed by atoms with Crippen LogP contribution in [0.15, 0.2) is 42.5 Å². The van der Waals surface area contributed by atoms with Crippen molar-refractivity contribution < 1.29 is 9.47 Å².